The van der Waals surface area contributed by atoms with Crippen LogP contribution in [0.3, 0.4) is 0 Å². The van der Waals surface area contributed by atoms with Crippen molar-refractivity contribution in [1.82, 2.24) is 14.6 Å². The van der Waals surface area contributed by atoms with E-state index in [2.05, 4.69) is 10.1 Å². The molecule has 42 heavy (non-hydrogen) atoms. The molecular weight excluding hydrogens is 561 g/mol. The van der Waals surface area contributed by atoms with E-state index in [-0.39, 0.29) is 18.8 Å². The Kier molecular flexibility index (Phi) is 7.49. The molecule has 3 aromatic carbocycles. The fourth-order valence-electron chi connectivity index (χ4n) is 4.51. The van der Waals surface area contributed by atoms with Crippen molar-refractivity contribution in [2.75, 3.05) is 14.2 Å². The van der Waals surface area contributed by atoms with Crippen molar-refractivity contribution < 1.29 is 32.5 Å². The van der Waals surface area contributed by atoms with Crippen LogP contribution in [0.1, 0.15) is 28.4 Å². The third-order valence-electron chi connectivity index (χ3n) is 6.49. The van der Waals surface area contributed by atoms with E-state index in [1.165, 1.54) is 18.3 Å². The number of imidazole rings is 1. The summed E-state index contributed by atoms with van der Waals surface area (Å²) in [7, 11) is 3.15. The predicted octanol–water partition coefficient (Wildman–Crippen LogP) is 6.92. The Morgan fingerprint density at radius 2 is 1.83 bits per heavy atom. The van der Waals surface area contributed by atoms with Gasteiger partial charge >= 0.3 is 0 Å². The number of furan rings is 1. The molecule has 0 fully saturated rings. The number of ketones is 1. The van der Waals surface area contributed by atoms with Crippen LogP contribution in [0.5, 0.6) is 22.4 Å². The number of ether oxygens (including phenoxy) is 4. The maximum absolute atomic E-state index is 13.1. The number of rotatable bonds is 11. The van der Waals surface area contributed by atoms with Crippen LogP contribution in [-0.2, 0) is 13.0 Å². The lowest BCUT2D eigenvalue weighted by atomic mass is 10.0. The van der Waals surface area contributed by atoms with Crippen LogP contribution in [0.15, 0.2) is 77.3 Å². The minimum atomic E-state index is -1.42. The first-order valence-electron chi connectivity index (χ1n) is 13.1. The van der Waals surface area contributed by atoms with E-state index >= 15 is 0 Å². The molecule has 1 unspecified atom stereocenters. The van der Waals surface area contributed by atoms with Gasteiger partial charge in [0, 0.05) is 31.0 Å². The van der Waals surface area contributed by atoms with E-state index < -0.39 is 6.36 Å². The summed E-state index contributed by atoms with van der Waals surface area (Å²) in [5, 5.41) is 5.62. The number of Topliss-reactive ketones (excluding diaryl/α,β-unsaturated/α-hetero) is 1. The number of halogens is 1. The Bertz CT molecular complexity index is 1840. The zero-order valence-corrected chi connectivity index (χ0v) is 23.8. The van der Waals surface area contributed by atoms with E-state index in [4.69, 9.17) is 23.4 Å². The SMILES string of the molecule is COc1cc(OCc2cccc(CC(=O)c3ccc(OC(C)F)cc3)c2)c2cc(-c3cn4nc(OC)sc4n3)oc2c1. The second-order valence-corrected chi connectivity index (χ2v) is 10.4. The zero-order chi connectivity index (χ0) is 29.2. The topological polar surface area (TPSA) is 97.3 Å². The fourth-order valence-corrected chi connectivity index (χ4v) is 5.21. The quantitative estimate of drug-likeness (QED) is 0.151. The van der Waals surface area contributed by atoms with E-state index in [9.17, 15) is 9.18 Å². The van der Waals surface area contributed by atoms with Crippen molar-refractivity contribution >= 4 is 33.1 Å². The number of nitrogens with zero attached hydrogens (tertiary/aromatic N) is 3. The molecule has 0 aliphatic carbocycles. The van der Waals surface area contributed by atoms with Crippen molar-refractivity contribution in [3.05, 3.63) is 89.6 Å². The highest BCUT2D eigenvalue weighted by atomic mass is 32.1. The molecule has 0 aliphatic rings. The van der Waals surface area contributed by atoms with Gasteiger partial charge < -0.3 is 23.4 Å². The van der Waals surface area contributed by atoms with Crippen molar-refractivity contribution in [3.63, 3.8) is 0 Å². The minimum absolute atomic E-state index is 0.0545. The standard InChI is InChI=1S/C31H26FN3O6S/c1-18(32)40-22-9-7-21(8-10-22)26(36)12-19-5-4-6-20(11-19)17-39-27-13-23(37-2)14-28-24(27)15-29(41-28)25-16-35-30(33-25)42-31(34-35)38-3/h4-11,13-16,18H,12,17H2,1-3H3. The molecule has 0 radical (unpaired) electrons. The summed E-state index contributed by atoms with van der Waals surface area (Å²) in [5.41, 5.74) is 3.50. The maximum atomic E-state index is 13.1. The monoisotopic (exact) mass is 587 g/mol. The lowest BCUT2D eigenvalue weighted by molar-refractivity contribution is 0.0860. The molecule has 6 rings (SSSR count). The number of fused-ring (bicyclic) bond motifs is 2. The highest BCUT2D eigenvalue weighted by Gasteiger charge is 2.17. The summed E-state index contributed by atoms with van der Waals surface area (Å²) in [6, 6.07) is 19.6. The van der Waals surface area contributed by atoms with Crippen LogP contribution >= 0.6 is 11.3 Å². The number of hydrogen-bond donors (Lipinski definition) is 0. The first kappa shape index (κ1) is 27.3. The van der Waals surface area contributed by atoms with Gasteiger partial charge in [0.2, 0.25) is 11.3 Å². The molecule has 0 bridgehead atoms. The van der Waals surface area contributed by atoms with E-state index in [1.54, 1.807) is 55.3 Å². The van der Waals surface area contributed by atoms with Gasteiger partial charge in [-0.2, -0.15) is 0 Å². The molecule has 0 saturated carbocycles. The Hall–Kier alpha value is -4.90. The highest BCUT2D eigenvalue weighted by Crippen LogP contribution is 2.37. The number of alkyl halides is 1. The number of methoxy groups -OCH3 is 2. The average Bonchev–Trinajstić information content (AvgIpc) is 3.69. The third kappa shape index (κ3) is 5.77. The first-order chi connectivity index (χ1) is 20.4. The predicted molar refractivity (Wildman–Crippen MR) is 156 cm³/mol. The Balaban J connectivity index is 1.18. The van der Waals surface area contributed by atoms with E-state index in [0.29, 0.717) is 50.0 Å². The molecule has 6 aromatic rings. The normalized spacial score (nSPS) is 12.0. The zero-order valence-electron chi connectivity index (χ0n) is 23.0. The van der Waals surface area contributed by atoms with Crippen LogP contribution in [0, 0.1) is 0 Å². The van der Waals surface area contributed by atoms with E-state index in [0.717, 1.165) is 16.5 Å². The molecule has 214 valence electrons. The van der Waals surface area contributed by atoms with Gasteiger partial charge in [0.1, 0.15) is 35.1 Å². The molecule has 0 saturated heterocycles. The van der Waals surface area contributed by atoms with Crippen LogP contribution in [-0.4, -0.2) is 41.0 Å². The lowest BCUT2D eigenvalue weighted by Gasteiger charge is -2.10. The van der Waals surface area contributed by atoms with Crippen molar-refractivity contribution in [3.8, 4) is 33.9 Å². The molecule has 9 nitrogen and oxygen atoms in total. The maximum Gasteiger partial charge on any atom is 0.294 e. The second-order valence-electron chi connectivity index (χ2n) is 9.47. The molecule has 3 heterocycles. The van der Waals surface area contributed by atoms with Gasteiger partial charge in [-0.25, -0.2) is 13.9 Å². The fraction of sp³-hybridized carbons (Fsp3) is 0.194. The van der Waals surface area contributed by atoms with Gasteiger partial charge in [-0.3, -0.25) is 4.79 Å². The highest BCUT2D eigenvalue weighted by molar-refractivity contribution is 7.18. The van der Waals surface area contributed by atoms with Crippen molar-refractivity contribution in [2.45, 2.75) is 26.3 Å². The summed E-state index contributed by atoms with van der Waals surface area (Å²) in [6.07, 6.45) is 0.575. The molecular formula is C31H26FN3O6S. The van der Waals surface area contributed by atoms with Crippen LogP contribution in [0.2, 0.25) is 0 Å². The van der Waals surface area contributed by atoms with Crippen molar-refractivity contribution in [1.29, 1.82) is 0 Å². The molecule has 0 aliphatic heterocycles. The largest absolute Gasteiger partial charge is 0.496 e. The average molecular weight is 588 g/mol. The lowest BCUT2D eigenvalue weighted by Crippen LogP contribution is -2.06. The van der Waals surface area contributed by atoms with Gasteiger partial charge in [-0.15, -0.1) is 5.10 Å². The summed E-state index contributed by atoms with van der Waals surface area (Å²) < 4.78 is 42.7. The minimum Gasteiger partial charge on any atom is -0.496 e. The Morgan fingerprint density at radius 1 is 1.02 bits per heavy atom. The number of benzene rings is 3. The number of aromatic nitrogens is 3. The van der Waals surface area contributed by atoms with Gasteiger partial charge in [-0.1, -0.05) is 24.3 Å². The summed E-state index contributed by atoms with van der Waals surface area (Å²) >= 11 is 1.33. The molecule has 1 atom stereocenters. The summed E-state index contributed by atoms with van der Waals surface area (Å²) in [4.78, 5) is 18.2. The summed E-state index contributed by atoms with van der Waals surface area (Å²) in [5.74, 6) is 2.07. The molecule has 3 aromatic heterocycles. The molecule has 0 spiro atoms. The van der Waals surface area contributed by atoms with Gasteiger partial charge in [0.25, 0.3) is 5.19 Å². The second kappa shape index (κ2) is 11.5. The number of hydrogen-bond acceptors (Lipinski definition) is 9. The Labute approximate surface area is 244 Å². The van der Waals surface area contributed by atoms with Crippen molar-refractivity contribution in [2.24, 2.45) is 0 Å². The summed E-state index contributed by atoms with van der Waals surface area (Å²) in [6.45, 7) is 1.57. The van der Waals surface area contributed by atoms with Crippen LogP contribution < -0.4 is 18.9 Å². The van der Waals surface area contributed by atoms with Crippen LogP contribution in [0.25, 0.3) is 27.4 Å². The van der Waals surface area contributed by atoms with Gasteiger partial charge in [0.15, 0.2) is 11.5 Å². The number of carbonyl (C=O) groups excluding carboxylic acids is 1. The number of carbonyl (C=O) groups is 1. The first-order valence-corrected chi connectivity index (χ1v) is 13.9. The van der Waals surface area contributed by atoms with E-state index in [1.807, 2.05) is 36.4 Å². The van der Waals surface area contributed by atoms with Gasteiger partial charge in [0.05, 0.1) is 25.8 Å². The molecule has 0 amide bonds. The van der Waals surface area contributed by atoms with Gasteiger partial charge in [-0.05, 0) is 52.8 Å². The molecule has 11 heteroatoms. The molecule has 0 N–H and O–H groups in total. The third-order valence-corrected chi connectivity index (χ3v) is 7.37. The Morgan fingerprint density at radius 3 is 2.57 bits per heavy atom. The van der Waals surface area contributed by atoms with Crippen LogP contribution in [0.4, 0.5) is 4.39 Å². The smallest absolute Gasteiger partial charge is 0.294 e.